The third-order valence-corrected chi connectivity index (χ3v) is 3.20. The van der Waals surface area contributed by atoms with Crippen LogP contribution in [0.25, 0.3) is 0 Å². The molecule has 0 aromatic heterocycles. The van der Waals surface area contributed by atoms with E-state index >= 15 is 0 Å². The Labute approximate surface area is 108 Å². The second-order valence-corrected chi connectivity index (χ2v) is 4.83. The van der Waals surface area contributed by atoms with Crippen LogP contribution in [0.5, 0.6) is 5.75 Å². The largest absolute Gasteiger partial charge is 0.492 e. The van der Waals surface area contributed by atoms with E-state index in [-0.39, 0.29) is 0 Å². The lowest BCUT2D eigenvalue weighted by Crippen LogP contribution is -2.20. The van der Waals surface area contributed by atoms with Gasteiger partial charge in [0.05, 0.1) is 5.71 Å². The Hall–Kier alpha value is -1.55. The maximum absolute atomic E-state index is 9.02. The van der Waals surface area contributed by atoms with E-state index in [0.29, 0.717) is 6.61 Å². The number of rotatable bonds is 4. The van der Waals surface area contributed by atoms with Crippen molar-refractivity contribution in [2.45, 2.75) is 19.3 Å². The Morgan fingerprint density at radius 2 is 2.17 bits per heavy atom. The Kier molecular flexibility index (Phi) is 4.20. The van der Waals surface area contributed by atoms with E-state index < -0.39 is 0 Å². The molecule has 2 rings (SSSR count). The third-order valence-electron chi connectivity index (χ3n) is 3.20. The van der Waals surface area contributed by atoms with E-state index in [4.69, 9.17) is 9.94 Å². The third kappa shape index (κ3) is 2.82. The summed E-state index contributed by atoms with van der Waals surface area (Å²) in [5, 5.41) is 12.4. The number of benzene rings is 1. The summed E-state index contributed by atoms with van der Waals surface area (Å²) in [4.78, 5) is 2.09. The highest BCUT2D eigenvalue weighted by Crippen LogP contribution is 2.29. The quantitative estimate of drug-likeness (QED) is 0.656. The molecule has 4 heteroatoms. The van der Waals surface area contributed by atoms with Gasteiger partial charge in [-0.05, 0) is 39.4 Å². The van der Waals surface area contributed by atoms with Gasteiger partial charge in [0.15, 0.2) is 0 Å². The number of hydrogen-bond acceptors (Lipinski definition) is 4. The molecule has 0 aliphatic heterocycles. The normalized spacial score (nSPS) is 16.9. The van der Waals surface area contributed by atoms with Crippen molar-refractivity contribution in [2.24, 2.45) is 5.16 Å². The summed E-state index contributed by atoms with van der Waals surface area (Å²) in [5.41, 5.74) is 2.98. The Bertz CT molecular complexity index is 441. The van der Waals surface area contributed by atoms with Crippen LogP contribution < -0.4 is 4.74 Å². The minimum Gasteiger partial charge on any atom is -0.492 e. The molecule has 0 heterocycles. The molecule has 0 unspecified atom stereocenters. The minimum atomic E-state index is 0.676. The summed E-state index contributed by atoms with van der Waals surface area (Å²) in [6.45, 7) is 1.57. The van der Waals surface area contributed by atoms with E-state index in [2.05, 4.69) is 10.1 Å². The van der Waals surface area contributed by atoms with Crippen LogP contribution >= 0.6 is 0 Å². The second-order valence-electron chi connectivity index (χ2n) is 4.83. The first-order chi connectivity index (χ1) is 8.72. The van der Waals surface area contributed by atoms with Crippen molar-refractivity contribution in [1.29, 1.82) is 0 Å². The average Bonchev–Trinajstić information content (AvgIpc) is 2.38. The zero-order chi connectivity index (χ0) is 13.0. The summed E-state index contributed by atoms with van der Waals surface area (Å²) in [6.07, 6.45) is 2.84. The van der Waals surface area contributed by atoms with Crippen molar-refractivity contribution in [1.82, 2.24) is 4.90 Å². The number of fused-ring (bicyclic) bond motifs is 1. The maximum atomic E-state index is 9.02. The van der Waals surface area contributed by atoms with Gasteiger partial charge >= 0.3 is 0 Å². The Morgan fingerprint density at radius 1 is 1.33 bits per heavy atom. The van der Waals surface area contributed by atoms with Crippen LogP contribution in [0.4, 0.5) is 0 Å². The fraction of sp³-hybridized carbons (Fsp3) is 0.500. The molecule has 0 radical (unpaired) electrons. The van der Waals surface area contributed by atoms with Crippen LogP contribution in [-0.4, -0.2) is 43.1 Å². The lowest BCUT2D eigenvalue weighted by atomic mass is 9.89. The summed E-state index contributed by atoms with van der Waals surface area (Å²) in [6, 6.07) is 5.96. The second kappa shape index (κ2) is 5.87. The van der Waals surface area contributed by atoms with Gasteiger partial charge in [-0.1, -0.05) is 17.3 Å². The molecule has 1 aromatic rings. The number of nitrogens with zero attached hydrogens (tertiary/aromatic N) is 2. The van der Waals surface area contributed by atoms with Gasteiger partial charge in [-0.2, -0.15) is 0 Å². The first kappa shape index (κ1) is 12.9. The predicted molar refractivity (Wildman–Crippen MR) is 71.8 cm³/mol. The van der Waals surface area contributed by atoms with Crippen LogP contribution in [0, 0.1) is 0 Å². The van der Waals surface area contributed by atoms with E-state index in [1.807, 2.05) is 32.3 Å². The molecule has 0 atom stereocenters. The lowest BCUT2D eigenvalue weighted by molar-refractivity contribution is 0.259. The molecule has 0 amide bonds. The summed E-state index contributed by atoms with van der Waals surface area (Å²) in [7, 11) is 4.06. The van der Waals surface area contributed by atoms with Crippen LogP contribution in [0.2, 0.25) is 0 Å². The molecule has 0 spiro atoms. The summed E-state index contributed by atoms with van der Waals surface area (Å²) in [5.74, 6) is 0.926. The summed E-state index contributed by atoms with van der Waals surface area (Å²) < 4.78 is 5.83. The maximum Gasteiger partial charge on any atom is 0.123 e. The van der Waals surface area contributed by atoms with Crippen molar-refractivity contribution in [3.8, 4) is 5.75 Å². The van der Waals surface area contributed by atoms with Crippen LogP contribution in [0.15, 0.2) is 23.4 Å². The van der Waals surface area contributed by atoms with Crippen LogP contribution in [0.3, 0.4) is 0 Å². The van der Waals surface area contributed by atoms with E-state index in [1.54, 1.807) is 0 Å². The number of likely N-dealkylation sites (N-methyl/N-ethyl adjacent to an activating group) is 1. The average molecular weight is 248 g/mol. The first-order valence-electron chi connectivity index (χ1n) is 6.33. The fourth-order valence-electron chi connectivity index (χ4n) is 2.24. The molecule has 4 nitrogen and oxygen atoms in total. The highest BCUT2D eigenvalue weighted by Gasteiger charge is 2.19. The standard InChI is InChI=1S/C14H20N2O2/c1-16(2)9-10-18-14-8-4-5-11-12(14)6-3-7-13(11)15-17/h4-5,8,17H,3,6-7,9-10H2,1-2H3. The monoisotopic (exact) mass is 248 g/mol. The van der Waals surface area contributed by atoms with Crippen molar-refractivity contribution in [3.05, 3.63) is 29.3 Å². The number of oxime groups is 1. The minimum absolute atomic E-state index is 0.676. The molecule has 0 saturated carbocycles. The SMILES string of the molecule is CN(C)CCOc1cccc2c1CCCC2=NO. The molecule has 0 bridgehead atoms. The molecule has 1 N–H and O–H groups in total. The zero-order valence-electron chi connectivity index (χ0n) is 11.0. The molecule has 0 fully saturated rings. The van der Waals surface area contributed by atoms with Crippen molar-refractivity contribution in [3.63, 3.8) is 0 Å². The van der Waals surface area contributed by atoms with Gasteiger partial charge in [-0.15, -0.1) is 0 Å². The molecular weight excluding hydrogens is 228 g/mol. The van der Waals surface area contributed by atoms with Crippen molar-refractivity contribution in [2.75, 3.05) is 27.2 Å². The van der Waals surface area contributed by atoms with Gasteiger partial charge in [0.25, 0.3) is 0 Å². The van der Waals surface area contributed by atoms with E-state index in [0.717, 1.165) is 42.8 Å². The Balaban J connectivity index is 2.17. The van der Waals surface area contributed by atoms with Gasteiger partial charge in [-0.3, -0.25) is 0 Å². The molecule has 18 heavy (non-hydrogen) atoms. The summed E-state index contributed by atoms with van der Waals surface area (Å²) >= 11 is 0. The Morgan fingerprint density at radius 3 is 2.89 bits per heavy atom. The van der Waals surface area contributed by atoms with Gasteiger partial charge < -0.3 is 14.8 Å². The number of ether oxygens (including phenoxy) is 1. The highest BCUT2D eigenvalue weighted by molar-refractivity contribution is 6.02. The topological polar surface area (TPSA) is 45.1 Å². The smallest absolute Gasteiger partial charge is 0.123 e. The molecule has 1 aliphatic carbocycles. The van der Waals surface area contributed by atoms with E-state index in [1.165, 1.54) is 5.56 Å². The zero-order valence-corrected chi connectivity index (χ0v) is 11.0. The van der Waals surface area contributed by atoms with Gasteiger partial charge in [0.2, 0.25) is 0 Å². The predicted octanol–water partition coefficient (Wildman–Crippen LogP) is 2.14. The van der Waals surface area contributed by atoms with Crippen molar-refractivity contribution < 1.29 is 9.94 Å². The lowest BCUT2D eigenvalue weighted by Gasteiger charge is -2.20. The van der Waals surface area contributed by atoms with E-state index in [9.17, 15) is 0 Å². The van der Waals surface area contributed by atoms with Crippen molar-refractivity contribution >= 4 is 5.71 Å². The van der Waals surface area contributed by atoms with Crippen LogP contribution in [-0.2, 0) is 6.42 Å². The molecule has 1 aromatic carbocycles. The van der Waals surface area contributed by atoms with Gasteiger partial charge in [0.1, 0.15) is 12.4 Å². The number of hydrogen-bond donors (Lipinski definition) is 1. The molecule has 0 saturated heterocycles. The first-order valence-corrected chi connectivity index (χ1v) is 6.33. The highest BCUT2D eigenvalue weighted by atomic mass is 16.5. The fourth-order valence-corrected chi connectivity index (χ4v) is 2.24. The van der Waals surface area contributed by atoms with Gasteiger partial charge in [0, 0.05) is 17.7 Å². The molecule has 1 aliphatic rings. The van der Waals surface area contributed by atoms with Gasteiger partial charge in [-0.25, -0.2) is 0 Å². The molecule has 98 valence electrons. The van der Waals surface area contributed by atoms with Crippen LogP contribution in [0.1, 0.15) is 24.0 Å². The molecular formula is C14H20N2O2.